The number of pyridine rings is 1. The van der Waals surface area contributed by atoms with E-state index < -0.39 is 22.7 Å². The van der Waals surface area contributed by atoms with E-state index in [-0.39, 0.29) is 39.5 Å². The molecule has 0 spiro atoms. The maximum atomic E-state index is 12.1. The molecule has 11 heteroatoms. The number of nitrogens with zero attached hydrogens (tertiary/aromatic N) is 1. The van der Waals surface area contributed by atoms with E-state index in [0.29, 0.717) is 14.1 Å². The van der Waals surface area contributed by atoms with E-state index in [9.17, 15) is 35.4 Å². The average Bonchev–Trinajstić information content (AvgIpc) is 2.82. The largest absolute Gasteiger partial charge is 0.508 e. The minimum Gasteiger partial charge on any atom is -0.508 e. The molecule has 0 amide bonds. The molecular weight excluding hydrogens is 593 g/mol. The van der Waals surface area contributed by atoms with Gasteiger partial charge in [0.2, 0.25) is 11.2 Å². The summed E-state index contributed by atoms with van der Waals surface area (Å²) < 4.78 is 6.07. The van der Waals surface area contributed by atoms with Crippen molar-refractivity contribution < 1.29 is 35.1 Å². The van der Waals surface area contributed by atoms with Gasteiger partial charge in [-0.05, 0) is 59.0 Å². The van der Waals surface area contributed by atoms with Gasteiger partial charge in [0.15, 0.2) is 23.0 Å². The number of halogens is 2. The highest BCUT2D eigenvalue weighted by Crippen LogP contribution is 2.37. The van der Waals surface area contributed by atoms with Gasteiger partial charge in [-0.1, -0.05) is 11.6 Å². The Morgan fingerprint density at radius 3 is 2.31 bits per heavy atom. The zero-order chi connectivity index (χ0) is 25.4. The van der Waals surface area contributed by atoms with Gasteiger partial charge >= 0.3 is 0 Å². The molecule has 5 aromatic rings. The fourth-order valence-electron chi connectivity index (χ4n) is 3.29. The van der Waals surface area contributed by atoms with Crippen LogP contribution in [0.5, 0.6) is 34.5 Å². The van der Waals surface area contributed by atoms with E-state index in [1.165, 1.54) is 6.07 Å². The molecule has 0 atom stereocenters. The van der Waals surface area contributed by atoms with Gasteiger partial charge in [0.1, 0.15) is 28.0 Å². The molecule has 6 N–H and O–H groups in total. The van der Waals surface area contributed by atoms with Crippen molar-refractivity contribution in [1.82, 2.24) is 4.98 Å². The minimum absolute atomic E-state index is 0.134. The molecule has 0 aliphatic rings. The predicted molar refractivity (Wildman–Crippen MR) is 137 cm³/mol. The molecule has 0 bridgehead atoms. The smallest absolute Gasteiger partial charge is 0.238 e. The normalized spacial score (nSPS) is 10.8. The summed E-state index contributed by atoms with van der Waals surface area (Å²) in [5.41, 5.74) is -0.335. The Morgan fingerprint density at radius 1 is 0.857 bits per heavy atom. The number of aromatic hydroxyl groups is 6. The summed E-state index contributed by atoms with van der Waals surface area (Å²) in [6, 6.07) is 11.0. The average molecular weight is 608 g/mol. The number of benzene rings is 3. The van der Waals surface area contributed by atoms with E-state index in [2.05, 4.69) is 4.98 Å². The summed E-state index contributed by atoms with van der Waals surface area (Å²) in [6.07, 6.45) is 1.63. The fraction of sp³-hybridized carbons (Fsp3) is 0. The Labute approximate surface area is 214 Å². The maximum Gasteiger partial charge on any atom is 0.238 e. The number of hydrogen-bond acceptors (Lipinski definition) is 9. The molecule has 178 valence electrons. The molecule has 0 saturated carbocycles. The lowest BCUT2D eigenvalue weighted by atomic mass is 10.1. The number of phenols is 5. The summed E-state index contributed by atoms with van der Waals surface area (Å²) in [6.45, 7) is 0. The first-order chi connectivity index (χ1) is 16.6. The molecule has 0 radical (unpaired) electrons. The van der Waals surface area contributed by atoms with E-state index in [4.69, 9.17) is 16.0 Å². The second-order valence-electron chi connectivity index (χ2n) is 7.24. The number of rotatable bonds is 1. The van der Waals surface area contributed by atoms with Crippen LogP contribution in [0.2, 0.25) is 5.02 Å². The Morgan fingerprint density at radius 2 is 1.60 bits per heavy atom. The van der Waals surface area contributed by atoms with Crippen LogP contribution in [0, 0.1) is 3.57 Å². The van der Waals surface area contributed by atoms with Gasteiger partial charge in [-0.15, -0.1) is 0 Å². The second kappa shape index (κ2) is 9.39. The van der Waals surface area contributed by atoms with Crippen molar-refractivity contribution >= 4 is 56.1 Å². The quantitative estimate of drug-likeness (QED) is 0.111. The lowest BCUT2D eigenvalue weighted by Crippen LogP contribution is -2.02. The van der Waals surface area contributed by atoms with E-state index >= 15 is 0 Å². The maximum absolute atomic E-state index is 12.1. The number of fused-ring (bicyclic) bond motifs is 2. The van der Waals surface area contributed by atoms with Gasteiger partial charge in [0.05, 0.1) is 8.59 Å². The van der Waals surface area contributed by atoms with Crippen LogP contribution in [0.4, 0.5) is 0 Å². The third kappa shape index (κ3) is 4.57. The van der Waals surface area contributed by atoms with E-state index in [1.54, 1.807) is 18.3 Å². The summed E-state index contributed by atoms with van der Waals surface area (Å²) in [4.78, 5) is 16.2. The van der Waals surface area contributed by atoms with Crippen LogP contribution in [-0.4, -0.2) is 35.6 Å². The topological polar surface area (TPSA) is 164 Å². The van der Waals surface area contributed by atoms with Crippen LogP contribution < -0.4 is 5.43 Å². The first-order valence-corrected chi connectivity index (χ1v) is 11.2. The van der Waals surface area contributed by atoms with Crippen LogP contribution >= 0.6 is 34.2 Å². The van der Waals surface area contributed by atoms with Crippen molar-refractivity contribution in [2.24, 2.45) is 0 Å². The summed E-state index contributed by atoms with van der Waals surface area (Å²) >= 11 is 8.00. The fourth-order valence-corrected chi connectivity index (χ4v) is 4.31. The highest BCUT2D eigenvalue weighted by molar-refractivity contribution is 14.1. The SMILES string of the molecule is O=c1c(O)c(-c2ccc(O)c(O)c2)oc2cc(O)cc(O)c12.Oc1c(I)cc(Cl)c2cccnc12. The lowest BCUT2D eigenvalue weighted by Gasteiger charge is -2.08. The van der Waals surface area contributed by atoms with Crippen LogP contribution in [0.25, 0.3) is 33.2 Å². The van der Waals surface area contributed by atoms with Crippen LogP contribution in [-0.2, 0) is 0 Å². The Bertz CT molecular complexity index is 1670. The summed E-state index contributed by atoms with van der Waals surface area (Å²) in [7, 11) is 0. The third-order valence-corrected chi connectivity index (χ3v) is 6.08. The van der Waals surface area contributed by atoms with Gasteiger partial charge in [-0.25, -0.2) is 0 Å². The molecule has 9 nitrogen and oxygen atoms in total. The molecule has 0 aliphatic heterocycles. The van der Waals surface area contributed by atoms with Crippen molar-refractivity contribution in [2.75, 3.05) is 0 Å². The molecule has 0 saturated heterocycles. The molecule has 5 rings (SSSR count). The van der Waals surface area contributed by atoms with Gasteiger partial charge in [0.25, 0.3) is 0 Å². The minimum atomic E-state index is -0.888. The Kier molecular flexibility index (Phi) is 6.50. The van der Waals surface area contributed by atoms with Gasteiger partial charge in [-0.3, -0.25) is 9.78 Å². The van der Waals surface area contributed by atoms with E-state index in [0.717, 1.165) is 29.7 Å². The number of aromatic nitrogens is 1. The molecule has 0 fully saturated rings. The highest BCUT2D eigenvalue weighted by Gasteiger charge is 2.19. The number of phenolic OH excluding ortho intramolecular Hbond substituents is 5. The molecule has 0 unspecified atom stereocenters. The van der Waals surface area contributed by atoms with Gasteiger partial charge in [-0.2, -0.15) is 0 Å². The molecule has 2 heterocycles. The van der Waals surface area contributed by atoms with Crippen molar-refractivity contribution in [1.29, 1.82) is 0 Å². The lowest BCUT2D eigenvalue weighted by molar-refractivity contribution is 0.403. The van der Waals surface area contributed by atoms with Crippen LogP contribution in [0.15, 0.2) is 63.9 Å². The number of hydrogen-bond donors (Lipinski definition) is 6. The molecule has 35 heavy (non-hydrogen) atoms. The van der Waals surface area contributed by atoms with Crippen molar-refractivity contribution in [3.63, 3.8) is 0 Å². The second-order valence-corrected chi connectivity index (χ2v) is 8.81. The standard InChI is InChI=1S/C15H10O7.C9H5ClINO/c16-7-4-10(19)12-11(5-7)22-15(14(21)13(12)20)6-1-2-8(17)9(18)3-6;10-6-4-7(11)9(13)8-5(6)2-1-3-12-8/h1-5,16-19,21H;1-4,13H. The summed E-state index contributed by atoms with van der Waals surface area (Å²) in [5.74, 6) is -2.52. The monoisotopic (exact) mass is 607 g/mol. The van der Waals surface area contributed by atoms with E-state index in [1.807, 2.05) is 28.7 Å². The zero-order valence-corrected chi connectivity index (χ0v) is 20.3. The first-order valence-electron chi connectivity index (χ1n) is 9.74. The molecule has 0 aliphatic carbocycles. The van der Waals surface area contributed by atoms with Crippen LogP contribution in [0.3, 0.4) is 0 Å². The zero-order valence-electron chi connectivity index (χ0n) is 17.4. The Hall–Kier alpha value is -3.90. The third-order valence-electron chi connectivity index (χ3n) is 4.94. The Balaban J connectivity index is 0.000000189. The predicted octanol–water partition coefficient (Wildman–Crippen LogP) is 5.19. The van der Waals surface area contributed by atoms with Crippen molar-refractivity contribution in [3.05, 3.63) is 73.5 Å². The molecular formula is C24H15ClINO8. The molecule has 2 aromatic heterocycles. The first kappa shape index (κ1) is 24.2. The van der Waals surface area contributed by atoms with Crippen molar-refractivity contribution in [2.45, 2.75) is 0 Å². The van der Waals surface area contributed by atoms with Gasteiger partial charge in [0, 0.05) is 29.3 Å². The van der Waals surface area contributed by atoms with Crippen LogP contribution in [0.1, 0.15) is 0 Å². The molecule has 3 aromatic carbocycles. The van der Waals surface area contributed by atoms with Crippen molar-refractivity contribution in [3.8, 4) is 45.8 Å². The van der Waals surface area contributed by atoms with Gasteiger partial charge < -0.3 is 35.1 Å². The highest BCUT2D eigenvalue weighted by atomic mass is 127. The summed E-state index contributed by atoms with van der Waals surface area (Å²) in [5, 5.41) is 58.7.